The van der Waals surface area contributed by atoms with E-state index in [-0.39, 0.29) is 18.4 Å². The Hall–Kier alpha value is -0.510. The van der Waals surface area contributed by atoms with Crippen molar-refractivity contribution in [3.63, 3.8) is 0 Å². The number of ether oxygens (including phenoxy) is 1. The molecule has 0 amide bonds. The Morgan fingerprint density at radius 1 is 1.53 bits per heavy atom. The predicted octanol–water partition coefficient (Wildman–Crippen LogP) is 4.24. The van der Waals surface area contributed by atoms with Gasteiger partial charge in [-0.2, -0.15) is 0 Å². The van der Waals surface area contributed by atoms with Crippen LogP contribution in [0.1, 0.15) is 31.9 Å². The molecule has 0 bridgehead atoms. The van der Waals surface area contributed by atoms with Gasteiger partial charge < -0.3 is 10.5 Å². The molecule has 2 N–H and O–H groups in total. The second-order valence-corrected chi connectivity index (χ2v) is 4.80. The molecule has 0 spiro atoms. The smallest absolute Gasteiger partial charge is 0.124 e. The van der Waals surface area contributed by atoms with Crippen molar-refractivity contribution in [3.05, 3.63) is 40.4 Å². The van der Waals surface area contributed by atoms with E-state index in [1.165, 1.54) is 0 Å². The Bertz CT molecular complexity index is 382. The van der Waals surface area contributed by atoms with E-state index in [9.17, 15) is 0 Å². The molecule has 0 aliphatic carbocycles. The topological polar surface area (TPSA) is 35.2 Å². The van der Waals surface area contributed by atoms with E-state index in [1.54, 1.807) is 0 Å². The number of benzene rings is 1. The van der Waals surface area contributed by atoms with Gasteiger partial charge in [0.15, 0.2) is 0 Å². The van der Waals surface area contributed by atoms with Crippen molar-refractivity contribution in [2.24, 2.45) is 5.73 Å². The molecule has 1 rings (SSSR count). The van der Waals surface area contributed by atoms with E-state index < -0.39 is 0 Å². The Balaban J connectivity index is 0.00000256. The Morgan fingerprint density at radius 3 is 2.71 bits per heavy atom. The van der Waals surface area contributed by atoms with Crippen molar-refractivity contribution in [1.82, 2.24) is 0 Å². The monoisotopic (exact) mass is 319 g/mol. The molecule has 0 aliphatic rings. The van der Waals surface area contributed by atoms with Gasteiger partial charge in [-0.15, -0.1) is 19.0 Å². The first-order chi connectivity index (χ1) is 7.54. The maximum Gasteiger partial charge on any atom is 0.124 e. The van der Waals surface area contributed by atoms with Crippen molar-refractivity contribution < 1.29 is 4.74 Å². The molecule has 2 nitrogen and oxygen atoms in total. The lowest BCUT2D eigenvalue weighted by Crippen LogP contribution is -2.12. The first-order valence-electron chi connectivity index (χ1n) is 5.36. The van der Waals surface area contributed by atoms with Crippen LogP contribution in [0.5, 0.6) is 5.75 Å². The third-order valence-corrected chi connectivity index (χ3v) is 2.73. The van der Waals surface area contributed by atoms with Crippen LogP contribution in [0, 0.1) is 0 Å². The van der Waals surface area contributed by atoms with Crippen LogP contribution in [0.15, 0.2) is 34.8 Å². The largest absolute Gasteiger partial charge is 0.494 e. The molecule has 0 aliphatic heterocycles. The second kappa shape index (κ2) is 7.75. The number of hydrogen-bond donors (Lipinski definition) is 1. The molecule has 1 aromatic rings. The van der Waals surface area contributed by atoms with Crippen LogP contribution in [0.2, 0.25) is 0 Å². The van der Waals surface area contributed by atoms with Gasteiger partial charge in [0.05, 0.1) is 6.61 Å². The van der Waals surface area contributed by atoms with Crippen LogP contribution in [0.25, 0.3) is 0 Å². The molecule has 0 heterocycles. The summed E-state index contributed by atoms with van der Waals surface area (Å²) < 4.78 is 6.58. The predicted molar refractivity (Wildman–Crippen MR) is 78.9 cm³/mol. The van der Waals surface area contributed by atoms with Gasteiger partial charge >= 0.3 is 0 Å². The third kappa shape index (κ3) is 5.11. The van der Waals surface area contributed by atoms with Crippen molar-refractivity contribution in [2.75, 3.05) is 6.61 Å². The average molecular weight is 321 g/mol. The molecule has 0 saturated heterocycles. The SMILES string of the molecule is C=C(C)C[C@H](N)c1cc(Br)ccc1OCC.Cl. The molecule has 1 atom stereocenters. The molecule has 0 fully saturated rings. The summed E-state index contributed by atoms with van der Waals surface area (Å²) in [6, 6.07) is 5.86. The maximum atomic E-state index is 6.13. The highest BCUT2D eigenvalue weighted by atomic mass is 79.9. The molecule has 0 saturated carbocycles. The molecule has 0 unspecified atom stereocenters. The van der Waals surface area contributed by atoms with Crippen molar-refractivity contribution >= 4 is 28.3 Å². The zero-order chi connectivity index (χ0) is 12.1. The Morgan fingerprint density at radius 2 is 2.18 bits per heavy atom. The van der Waals surface area contributed by atoms with E-state index in [0.29, 0.717) is 6.61 Å². The molecular weight excluding hydrogens is 302 g/mol. The molecule has 4 heteroatoms. The zero-order valence-electron chi connectivity index (χ0n) is 10.2. The summed E-state index contributed by atoms with van der Waals surface area (Å²) in [5.41, 5.74) is 8.24. The quantitative estimate of drug-likeness (QED) is 0.824. The van der Waals surface area contributed by atoms with Crippen LogP contribution in [0.4, 0.5) is 0 Å². The van der Waals surface area contributed by atoms with Gasteiger partial charge in [-0.25, -0.2) is 0 Å². The highest BCUT2D eigenvalue weighted by Crippen LogP contribution is 2.30. The third-order valence-electron chi connectivity index (χ3n) is 2.24. The highest BCUT2D eigenvalue weighted by Gasteiger charge is 2.12. The number of hydrogen-bond acceptors (Lipinski definition) is 2. The summed E-state index contributed by atoms with van der Waals surface area (Å²) in [6.07, 6.45) is 0.774. The van der Waals surface area contributed by atoms with Gasteiger partial charge in [0.2, 0.25) is 0 Å². The highest BCUT2D eigenvalue weighted by molar-refractivity contribution is 9.10. The maximum absolute atomic E-state index is 6.13. The molecule has 17 heavy (non-hydrogen) atoms. The summed E-state index contributed by atoms with van der Waals surface area (Å²) in [7, 11) is 0. The summed E-state index contributed by atoms with van der Waals surface area (Å²) in [5, 5.41) is 0. The summed E-state index contributed by atoms with van der Waals surface area (Å²) in [5.74, 6) is 0.861. The number of nitrogens with two attached hydrogens (primary N) is 1. The van der Waals surface area contributed by atoms with E-state index in [1.807, 2.05) is 32.0 Å². The van der Waals surface area contributed by atoms with E-state index in [2.05, 4.69) is 22.5 Å². The van der Waals surface area contributed by atoms with Gasteiger partial charge in [0, 0.05) is 16.1 Å². The zero-order valence-corrected chi connectivity index (χ0v) is 12.6. The minimum Gasteiger partial charge on any atom is -0.494 e. The van der Waals surface area contributed by atoms with Gasteiger partial charge in [0.1, 0.15) is 5.75 Å². The fraction of sp³-hybridized carbons (Fsp3) is 0.385. The lowest BCUT2D eigenvalue weighted by atomic mass is 10.0. The lowest BCUT2D eigenvalue weighted by molar-refractivity contribution is 0.334. The fourth-order valence-corrected chi connectivity index (χ4v) is 1.96. The number of halogens is 2. The van der Waals surface area contributed by atoms with E-state index >= 15 is 0 Å². The summed E-state index contributed by atoms with van der Waals surface area (Å²) >= 11 is 3.45. The molecule has 96 valence electrons. The van der Waals surface area contributed by atoms with Crippen LogP contribution < -0.4 is 10.5 Å². The number of rotatable bonds is 5. The van der Waals surface area contributed by atoms with Gasteiger partial charge in [0.25, 0.3) is 0 Å². The van der Waals surface area contributed by atoms with E-state index in [4.69, 9.17) is 10.5 Å². The van der Waals surface area contributed by atoms with E-state index in [0.717, 1.165) is 27.8 Å². The minimum absolute atomic E-state index is 0. The minimum atomic E-state index is -0.0588. The Kier molecular flexibility index (Phi) is 7.51. The second-order valence-electron chi connectivity index (χ2n) is 3.88. The van der Waals surface area contributed by atoms with Crippen LogP contribution in [0.3, 0.4) is 0 Å². The fourth-order valence-electron chi connectivity index (χ4n) is 1.58. The lowest BCUT2D eigenvalue weighted by Gasteiger charge is -2.17. The molecule has 0 radical (unpaired) electrons. The van der Waals surface area contributed by atoms with Crippen LogP contribution in [-0.2, 0) is 0 Å². The first-order valence-corrected chi connectivity index (χ1v) is 6.16. The van der Waals surface area contributed by atoms with Crippen LogP contribution in [-0.4, -0.2) is 6.61 Å². The Labute approximate surface area is 118 Å². The first kappa shape index (κ1) is 16.5. The summed E-state index contributed by atoms with van der Waals surface area (Å²) in [4.78, 5) is 0. The van der Waals surface area contributed by atoms with Crippen molar-refractivity contribution in [1.29, 1.82) is 0 Å². The van der Waals surface area contributed by atoms with Crippen LogP contribution >= 0.6 is 28.3 Å². The molecule has 0 aromatic heterocycles. The molecular formula is C13H19BrClNO. The summed E-state index contributed by atoms with van der Waals surface area (Å²) in [6.45, 7) is 8.49. The molecule has 1 aromatic carbocycles. The van der Waals surface area contributed by atoms with Gasteiger partial charge in [-0.1, -0.05) is 21.5 Å². The van der Waals surface area contributed by atoms with Gasteiger partial charge in [-0.05, 0) is 38.5 Å². The average Bonchev–Trinajstić information content (AvgIpc) is 2.20. The standard InChI is InChI=1S/C13H18BrNO.ClH/c1-4-16-13-6-5-10(14)8-11(13)12(15)7-9(2)3;/h5-6,8,12H,2,4,7,15H2,1,3H3;1H/t12-;/m0./s1. The van der Waals surface area contributed by atoms with Crippen molar-refractivity contribution in [3.8, 4) is 5.75 Å². The normalized spacial score (nSPS) is 11.5. The van der Waals surface area contributed by atoms with Gasteiger partial charge in [-0.3, -0.25) is 0 Å². The van der Waals surface area contributed by atoms with Crippen molar-refractivity contribution in [2.45, 2.75) is 26.3 Å².